The Morgan fingerprint density at radius 1 is 1.17 bits per heavy atom. The Morgan fingerprint density at radius 2 is 1.67 bits per heavy atom. The second-order valence-corrected chi connectivity index (χ2v) is 9.32. The van der Waals surface area contributed by atoms with Crippen molar-refractivity contribution in [2.75, 3.05) is 13.4 Å². The molecular weight excluding hydrogens is 168 g/mol. The van der Waals surface area contributed by atoms with Crippen molar-refractivity contribution in [3.05, 3.63) is 0 Å². The van der Waals surface area contributed by atoms with Crippen molar-refractivity contribution < 1.29 is 9.16 Å². The maximum atomic E-state index is 5.75. The van der Waals surface area contributed by atoms with Gasteiger partial charge in [-0.2, -0.15) is 0 Å². The topological polar surface area (TPSA) is 18.5 Å². The minimum absolute atomic E-state index is 0.282. The van der Waals surface area contributed by atoms with Crippen molar-refractivity contribution in [1.82, 2.24) is 0 Å². The van der Waals surface area contributed by atoms with Crippen LogP contribution in [0.5, 0.6) is 0 Å². The van der Waals surface area contributed by atoms with Crippen LogP contribution in [-0.2, 0) is 9.16 Å². The third-order valence-electron chi connectivity index (χ3n) is 2.51. The van der Waals surface area contributed by atoms with Crippen LogP contribution in [0.4, 0.5) is 0 Å². The maximum absolute atomic E-state index is 5.75. The van der Waals surface area contributed by atoms with Gasteiger partial charge in [-0.05, 0) is 25.1 Å². The Bertz CT molecular complexity index is 127. The molecule has 0 atom stereocenters. The van der Waals surface area contributed by atoms with E-state index in [2.05, 4.69) is 33.9 Å². The third kappa shape index (κ3) is 3.69. The predicted molar refractivity (Wildman–Crippen MR) is 54.8 cm³/mol. The summed E-state index contributed by atoms with van der Waals surface area (Å²) < 4.78 is 10.9. The second-order valence-electron chi connectivity index (χ2n) is 4.52. The molecule has 0 amide bonds. The van der Waals surface area contributed by atoms with Gasteiger partial charge in [-0.3, -0.25) is 0 Å². The van der Waals surface area contributed by atoms with Crippen LogP contribution < -0.4 is 0 Å². The first-order chi connectivity index (χ1) is 5.31. The molecule has 0 N–H and O–H groups in total. The van der Waals surface area contributed by atoms with Crippen molar-refractivity contribution in [3.8, 4) is 0 Å². The highest BCUT2D eigenvalue weighted by Gasteiger charge is 2.36. The number of ether oxygens (including phenoxy) is 1. The van der Waals surface area contributed by atoms with Crippen LogP contribution in [0.15, 0.2) is 0 Å². The summed E-state index contributed by atoms with van der Waals surface area (Å²) in [6, 6.07) is 0. The average Bonchev–Trinajstić information content (AvgIpc) is 1.85. The molecule has 2 nitrogen and oxygen atoms in total. The molecule has 0 saturated carbocycles. The van der Waals surface area contributed by atoms with Gasteiger partial charge >= 0.3 is 0 Å². The first-order valence-electron chi connectivity index (χ1n) is 4.53. The fourth-order valence-electron chi connectivity index (χ4n) is 0.489. The van der Waals surface area contributed by atoms with Crippen molar-refractivity contribution in [2.45, 2.75) is 45.8 Å². The van der Waals surface area contributed by atoms with Crippen LogP contribution in [0.25, 0.3) is 0 Å². The Morgan fingerprint density at radius 3 is 2.00 bits per heavy atom. The molecule has 0 aromatic rings. The molecule has 0 spiro atoms. The Balaban J connectivity index is 3.88. The molecule has 0 fully saturated rings. The highest BCUT2D eigenvalue weighted by atomic mass is 28.4. The monoisotopic (exact) mass is 190 g/mol. The van der Waals surface area contributed by atoms with Crippen molar-refractivity contribution >= 4 is 8.32 Å². The lowest BCUT2D eigenvalue weighted by molar-refractivity contribution is 0.0135. The van der Waals surface area contributed by atoms with Gasteiger partial charge in [0.05, 0.1) is 0 Å². The van der Waals surface area contributed by atoms with Crippen LogP contribution in [0.2, 0.25) is 18.1 Å². The number of rotatable bonds is 4. The highest BCUT2D eigenvalue weighted by molar-refractivity contribution is 6.74. The minimum atomic E-state index is -1.57. The first kappa shape index (κ1) is 12.1. The molecule has 3 heteroatoms. The van der Waals surface area contributed by atoms with Gasteiger partial charge in [0.25, 0.3) is 0 Å². The van der Waals surface area contributed by atoms with Crippen LogP contribution >= 0.6 is 0 Å². The Kier molecular flexibility index (Phi) is 4.44. The molecule has 0 radical (unpaired) electrons. The van der Waals surface area contributed by atoms with Crippen LogP contribution in [0.1, 0.15) is 27.7 Å². The third-order valence-corrected chi connectivity index (χ3v) is 6.97. The fraction of sp³-hybridized carbons (Fsp3) is 1.00. The van der Waals surface area contributed by atoms with E-state index in [0.29, 0.717) is 6.79 Å². The molecule has 0 aliphatic rings. The van der Waals surface area contributed by atoms with E-state index in [1.807, 2.05) is 6.92 Å². The van der Waals surface area contributed by atoms with Crippen molar-refractivity contribution in [1.29, 1.82) is 0 Å². The number of hydrogen-bond acceptors (Lipinski definition) is 2. The molecule has 0 aromatic carbocycles. The van der Waals surface area contributed by atoms with Gasteiger partial charge in [0.2, 0.25) is 0 Å². The lowest BCUT2D eigenvalue weighted by Crippen LogP contribution is -2.41. The van der Waals surface area contributed by atoms with E-state index in [9.17, 15) is 0 Å². The maximum Gasteiger partial charge on any atom is 0.195 e. The predicted octanol–water partition coefficient (Wildman–Crippen LogP) is 3.00. The zero-order valence-corrected chi connectivity index (χ0v) is 10.2. The summed E-state index contributed by atoms with van der Waals surface area (Å²) in [5.74, 6) is 0. The van der Waals surface area contributed by atoms with Gasteiger partial charge in [0.1, 0.15) is 6.79 Å². The summed E-state index contributed by atoms with van der Waals surface area (Å²) in [4.78, 5) is 0. The standard InChI is InChI=1S/C9H22O2Si/c1-7-10-8-11-12(5,6)9(2,3)4/h7-8H2,1-6H3. The van der Waals surface area contributed by atoms with E-state index in [0.717, 1.165) is 6.61 Å². The van der Waals surface area contributed by atoms with E-state index in [4.69, 9.17) is 9.16 Å². The normalized spacial score (nSPS) is 13.5. The number of hydrogen-bond donors (Lipinski definition) is 0. The molecule has 0 aromatic heterocycles. The van der Waals surface area contributed by atoms with Gasteiger partial charge in [-0.15, -0.1) is 0 Å². The van der Waals surface area contributed by atoms with Crippen LogP contribution in [0, 0.1) is 0 Å². The van der Waals surface area contributed by atoms with E-state index in [1.165, 1.54) is 0 Å². The highest BCUT2D eigenvalue weighted by Crippen LogP contribution is 2.36. The summed E-state index contributed by atoms with van der Waals surface area (Å²) in [6.07, 6.45) is 0. The van der Waals surface area contributed by atoms with Gasteiger partial charge < -0.3 is 9.16 Å². The van der Waals surface area contributed by atoms with Crippen molar-refractivity contribution in [3.63, 3.8) is 0 Å². The van der Waals surface area contributed by atoms with E-state index >= 15 is 0 Å². The SMILES string of the molecule is CCOCO[Si](C)(C)C(C)(C)C. The Labute approximate surface area is 77.4 Å². The van der Waals surface area contributed by atoms with E-state index in [-0.39, 0.29) is 5.04 Å². The summed E-state index contributed by atoms with van der Waals surface area (Å²) >= 11 is 0. The van der Waals surface area contributed by atoms with Gasteiger partial charge in [0, 0.05) is 6.61 Å². The zero-order chi connectivity index (χ0) is 9.83. The summed E-state index contributed by atoms with van der Waals surface area (Å²) in [7, 11) is -1.57. The molecule has 0 bridgehead atoms. The lowest BCUT2D eigenvalue weighted by atomic mass is 10.2. The van der Waals surface area contributed by atoms with Crippen LogP contribution in [-0.4, -0.2) is 21.7 Å². The molecule has 0 unspecified atom stereocenters. The van der Waals surface area contributed by atoms with Gasteiger partial charge in [-0.1, -0.05) is 20.8 Å². The fourth-order valence-corrected chi connectivity index (χ4v) is 1.30. The second kappa shape index (κ2) is 4.39. The molecular formula is C9H22O2Si. The molecule has 0 aliphatic carbocycles. The van der Waals surface area contributed by atoms with E-state index < -0.39 is 8.32 Å². The molecule has 0 aliphatic heterocycles. The summed E-state index contributed by atoms with van der Waals surface area (Å²) in [6.45, 7) is 14.3. The molecule has 12 heavy (non-hydrogen) atoms. The Hall–Kier alpha value is 0.137. The quantitative estimate of drug-likeness (QED) is 0.385. The van der Waals surface area contributed by atoms with Gasteiger partial charge in [0.15, 0.2) is 8.32 Å². The molecule has 0 heterocycles. The summed E-state index contributed by atoms with van der Waals surface area (Å²) in [5, 5.41) is 0.282. The molecule has 0 rings (SSSR count). The molecule has 0 saturated heterocycles. The van der Waals surface area contributed by atoms with Gasteiger partial charge in [-0.25, -0.2) is 0 Å². The molecule has 74 valence electrons. The van der Waals surface area contributed by atoms with Crippen molar-refractivity contribution in [2.24, 2.45) is 0 Å². The van der Waals surface area contributed by atoms with E-state index in [1.54, 1.807) is 0 Å². The average molecular weight is 190 g/mol. The minimum Gasteiger partial charge on any atom is -0.395 e. The largest absolute Gasteiger partial charge is 0.395 e. The summed E-state index contributed by atoms with van der Waals surface area (Å²) in [5.41, 5.74) is 0. The van der Waals surface area contributed by atoms with Crippen LogP contribution in [0.3, 0.4) is 0 Å². The smallest absolute Gasteiger partial charge is 0.195 e. The zero-order valence-electron chi connectivity index (χ0n) is 9.23. The first-order valence-corrected chi connectivity index (χ1v) is 7.44. The lowest BCUT2D eigenvalue weighted by Gasteiger charge is -2.35.